The van der Waals surface area contributed by atoms with Crippen molar-refractivity contribution in [2.24, 2.45) is 0 Å². The lowest BCUT2D eigenvalue weighted by atomic mass is 9.80. The molecule has 0 radical (unpaired) electrons. The molecule has 2 atom stereocenters. The van der Waals surface area contributed by atoms with Crippen molar-refractivity contribution in [3.63, 3.8) is 0 Å². The normalized spacial score (nSPS) is 28.5. The molecule has 1 aliphatic heterocycles. The van der Waals surface area contributed by atoms with E-state index in [1.807, 2.05) is 32.0 Å². The van der Waals surface area contributed by atoms with E-state index in [2.05, 4.69) is 0 Å². The Kier molecular flexibility index (Phi) is 3.35. The number of anilines is 1. The van der Waals surface area contributed by atoms with Crippen molar-refractivity contribution in [2.75, 3.05) is 4.90 Å². The number of allylic oxidation sites excluding steroid dienone is 1. The summed E-state index contributed by atoms with van der Waals surface area (Å²) in [5.74, 6) is -0.879. The fourth-order valence-electron chi connectivity index (χ4n) is 5.18. The molecule has 2 aromatic carbocycles. The van der Waals surface area contributed by atoms with Crippen LogP contribution < -0.4 is 4.90 Å². The van der Waals surface area contributed by atoms with E-state index in [1.165, 1.54) is 0 Å². The van der Waals surface area contributed by atoms with Gasteiger partial charge in [0, 0.05) is 28.9 Å². The summed E-state index contributed by atoms with van der Waals surface area (Å²) in [5, 5.41) is 23.7. The van der Waals surface area contributed by atoms with Gasteiger partial charge in [-0.1, -0.05) is 30.3 Å². The zero-order valence-corrected chi connectivity index (χ0v) is 15.8. The van der Waals surface area contributed by atoms with Gasteiger partial charge in [-0.2, -0.15) is 0 Å². The van der Waals surface area contributed by atoms with E-state index in [1.54, 1.807) is 29.2 Å². The number of carbonyl (C=O) groups excluding carboxylic acids is 2. The number of hydrogen-bond donors (Lipinski definition) is 2. The Balaban J connectivity index is 1.88. The van der Waals surface area contributed by atoms with Crippen LogP contribution in [0.4, 0.5) is 5.69 Å². The molecular formula is C23H21NO4. The summed E-state index contributed by atoms with van der Waals surface area (Å²) < 4.78 is 0. The summed E-state index contributed by atoms with van der Waals surface area (Å²) in [6.45, 7) is 3.91. The molecule has 0 aromatic heterocycles. The van der Waals surface area contributed by atoms with Crippen LogP contribution in [0.25, 0.3) is 0 Å². The van der Waals surface area contributed by atoms with Crippen LogP contribution in [0.15, 0.2) is 53.7 Å². The number of aliphatic hydroxyl groups is 2. The summed E-state index contributed by atoms with van der Waals surface area (Å²) in [6, 6.07) is 12.5. The summed E-state index contributed by atoms with van der Waals surface area (Å²) in [4.78, 5) is 27.8. The zero-order chi connectivity index (χ0) is 19.8. The van der Waals surface area contributed by atoms with Crippen LogP contribution in [-0.4, -0.2) is 27.4 Å². The Labute approximate surface area is 162 Å². The van der Waals surface area contributed by atoms with E-state index >= 15 is 0 Å². The van der Waals surface area contributed by atoms with Crippen molar-refractivity contribution in [3.8, 4) is 0 Å². The molecule has 2 N–H and O–H groups in total. The second-order valence-corrected chi connectivity index (χ2v) is 8.04. The first kappa shape index (κ1) is 17.3. The lowest BCUT2D eigenvalue weighted by Gasteiger charge is -2.40. The molecule has 5 heteroatoms. The molecule has 5 nitrogen and oxygen atoms in total. The molecule has 28 heavy (non-hydrogen) atoms. The number of rotatable bonds is 1. The number of nitrogens with zero attached hydrogens (tertiary/aromatic N) is 1. The highest BCUT2D eigenvalue weighted by Crippen LogP contribution is 2.59. The Morgan fingerprint density at radius 3 is 2.36 bits per heavy atom. The van der Waals surface area contributed by atoms with Crippen molar-refractivity contribution in [3.05, 3.63) is 76.0 Å². The standard InChI is InChI=1S/C23H21NO4/c1-13-10-14(2)12-15(11-13)24-18-8-5-9-19(25)20(18)22(27)21(26)16-6-3-4-7-17(16)23(22,24)28/h3-4,6-7,10-12,27-28H,5,8-9H2,1-2H3/t22-,23+/m0/s1. The number of aryl methyl sites for hydroxylation is 2. The Hall–Kier alpha value is -2.76. The third-order valence-corrected chi connectivity index (χ3v) is 6.19. The van der Waals surface area contributed by atoms with Gasteiger partial charge in [0.2, 0.25) is 17.1 Å². The average Bonchev–Trinajstić information content (AvgIpc) is 2.96. The van der Waals surface area contributed by atoms with Gasteiger partial charge in [0.1, 0.15) is 0 Å². The number of ketones is 2. The quantitative estimate of drug-likeness (QED) is 0.801. The molecule has 5 rings (SSSR count). The first-order valence-electron chi connectivity index (χ1n) is 9.54. The Morgan fingerprint density at radius 2 is 1.64 bits per heavy atom. The van der Waals surface area contributed by atoms with Crippen molar-refractivity contribution in [2.45, 2.75) is 44.4 Å². The van der Waals surface area contributed by atoms with Crippen molar-refractivity contribution in [1.82, 2.24) is 0 Å². The Bertz CT molecular complexity index is 1080. The predicted molar refractivity (Wildman–Crippen MR) is 104 cm³/mol. The van der Waals surface area contributed by atoms with Crippen LogP contribution in [0.5, 0.6) is 0 Å². The van der Waals surface area contributed by atoms with Crippen molar-refractivity contribution < 1.29 is 19.8 Å². The van der Waals surface area contributed by atoms with Gasteiger partial charge in [0.15, 0.2) is 5.78 Å². The van der Waals surface area contributed by atoms with Gasteiger partial charge < -0.3 is 15.1 Å². The summed E-state index contributed by atoms with van der Waals surface area (Å²) >= 11 is 0. The number of Topliss-reactive ketones (excluding diaryl/α,β-unsaturated/α-hetero) is 2. The summed E-state index contributed by atoms with van der Waals surface area (Å²) in [6.07, 6.45) is 1.41. The molecule has 0 unspecified atom stereocenters. The van der Waals surface area contributed by atoms with Crippen molar-refractivity contribution >= 4 is 17.3 Å². The van der Waals surface area contributed by atoms with E-state index < -0.39 is 17.1 Å². The highest BCUT2D eigenvalue weighted by molar-refractivity contribution is 6.19. The van der Waals surface area contributed by atoms with Gasteiger partial charge in [-0.15, -0.1) is 0 Å². The molecule has 2 aromatic rings. The molecule has 3 aliphatic rings. The van der Waals surface area contributed by atoms with Crippen LogP contribution in [0.2, 0.25) is 0 Å². The molecular weight excluding hydrogens is 354 g/mol. The molecule has 0 saturated heterocycles. The molecule has 142 valence electrons. The summed E-state index contributed by atoms with van der Waals surface area (Å²) in [5.41, 5.74) is -0.465. The minimum absolute atomic E-state index is 0.0570. The lowest BCUT2D eigenvalue weighted by Crippen LogP contribution is -2.58. The predicted octanol–water partition coefficient (Wildman–Crippen LogP) is 2.90. The lowest BCUT2D eigenvalue weighted by molar-refractivity contribution is -0.123. The monoisotopic (exact) mass is 375 g/mol. The second kappa shape index (κ2) is 5.40. The van der Waals surface area contributed by atoms with E-state index in [0.717, 1.165) is 11.1 Å². The first-order valence-corrected chi connectivity index (χ1v) is 9.54. The van der Waals surface area contributed by atoms with Crippen molar-refractivity contribution in [1.29, 1.82) is 0 Å². The number of carbonyl (C=O) groups is 2. The fraction of sp³-hybridized carbons (Fsp3) is 0.304. The van der Waals surface area contributed by atoms with Gasteiger partial charge >= 0.3 is 0 Å². The smallest absolute Gasteiger partial charge is 0.211 e. The van der Waals surface area contributed by atoms with E-state index in [4.69, 9.17) is 0 Å². The van der Waals surface area contributed by atoms with Gasteiger partial charge in [0.25, 0.3) is 0 Å². The van der Waals surface area contributed by atoms with E-state index in [0.29, 0.717) is 29.8 Å². The van der Waals surface area contributed by atoms with Gasteiger partial charge in [-0.3, -0.25) is 9.59 Å². The molecule has 0 fully saturated rings. The minimum Gasteiger partial charge on any atom is -0.372 e. The fourth-order valence-corrected chi connectivity index (χ4v) is 5.18. The summed E-state index contributed by atoms with van der Waals surface area (Å²) in [7, 11) is 0. The number of benzene rings is 2. The van der Waals surface area contributed by atoms with Gasteiger partial charge in [-0.25, -0.2) is 0 Å². The Morgan fingerprint density at radius 1 is 0.964 bits per heavy atom. The molecule has 0 spiro atoms. The third kappa shape index (κ3) is 1.83. The average molecular weight is 375 g/mol. The third-order valence-electron chi connectivity index (χ3n) is 6.19. The van der Waals surface area contributed by atoms with Crippen LogP contribution in [0, 0.1) is 13.8 Å². The molecule has 0 saturated carbocycles. The first-order chi connectivity index (χ1) is 13.3. The van der Waals surface area contributed by atoms with E-state index in [-0.39, 0.29) is 23.3 Å². The molecule has 0 bridgehead atoms. The highest BCUT2D eigenvalue weighted by atomic mass is 16.4. The van der Waals surface area contributed by atoms with Crippen LogP contribution in [0.3, 0.4) is 0 Å². The molecule has 0 amide bonds. The van der Waals surface area contributed by atoms with E-state index in [9.17, 15) is 19.8 Å². The SMILES string of the molecule is Cc1cc(C)cc(N2C3=C(C(=O)CCC3)[C@]3(O)C(=O)c4ccccc4[C@]23O)c1. The van der Waals surface area contributed by atoms with Gasteiger partial charge in [0.05, 0.1) is 5.57 Å². The van der Waals surface area contributed by atoms with Gasteiger partial charge in [-0.05, 0) is 49.9 Å². The number of hydrogen-bond acceptors (Lipinski definition) is 5. The maximum absolute atomic E-state index is 13.3. The number of fused-ring (bicyclic) bond motifs is 4. The molecule has 1 heterocycles. The maximum Gasteiger partial charge on any atom is 0.211 e. The highest BCUT2D eigenvalue weighted by Gasteiger charge is 2.73. The molecule has 2 aliphatic carbocycles. The van der Waals surface area contributed by atoms with Crippen LogP contribution >= 0.6 is 0 Å². The minimum atomic E-state index is -2.29. The second-order valence-electron chi connectivity index (χ2n) is 8.04. The van der Waals surface area contributed by atoms with Crippen LogP contribution in [-0.2, 0) is 10.5 Å². The largest absolute Gasteiger partial charge is 0.372 e. The topological polar surface area (TPSA) is 77.8 Å². The maximum atomic E-state index is 13.3. The zero-order valence-electron chi connectivity index (χ0n) is 15.8. The van der Waals surface area contributed by atoms with Crippen LogP contribution in [0.1, 0.15) is 46.3 Å².